The molecule has 1 saturated carbocycles. The van der Waals surface area contributed by atoms with Crippen LogP contribution in [0.3, 0.4) is 0 Å². The number of nitrogens with one attached hydrogen (secondary N) is 2. The van der Waals surface area contributed by atoms with Crippen molar-refractivity contribution in [2.45, 2.75) is 18.8 Å². The maximum absolute atomic E-state index is 12.3. The Morgan fingerprint density at radius 2 is 1.71 bits per heavy atom. The largest absolute Gasteiger partial charge is 0.476 e. The van der Waals surface area contributed by atoms with E-state index in [-0.39, 0.29) is 36.0 Å². The van der Waals surface area contributed by atoms with Gasteiger partial charge >= 0.3 is 12.1 Å². The van der Waals surface area contributed by atoms with Crippen LogP contribution in [0.4, 0.5) is 4.79 Å². The van der Waals surface area contributed by atoms with Gasteiger partial charge in [-0.15, -0.1) is 11.3 Å². The lowest BCUT2D eigenvalue weighted by Crippen LogP contribution is -2.31. The molecule has 1 heterocycles. The van der Waals surface area contributed by atoms with Crippen molar-refractivity contribution in [2.75, 3.05) is 19.7 Å². The summed E-state index contributed by atoms with van der Waals surface area (Å²) in [6.45, 7) is 1.05. The van der Waals surface area contributed by atoms with Crippen LogP contribution in [0.5, 0.6) is 0 Å². The van der Waals surface area contributed by atoms with Gasteiger partial charge in [0.1, 0.15) is 6.61 Å². The summed E-state index contributed by atoms with van der Waals surface area (Å²) in [7, 11) is 0. The second kappa shape index (κ2) is 9.87. The molecule has 0 spiro atoms. The molecule has 0 saturated heterocycles. The SMILES string of the molecule is O=C(NC[C@@H]1C[C@@H]1C(=O)NCCc1nc(C(=O)O)cs1)OCC1c2ccccc2-c2ccccc21. The Balaban J connectivity index is 1.03. The molecule has 0 aliphatic heterocycles. The summed E-state index contributed by atoms with van der Waals surface area (Å²) in [5.74, 6) is -1.14. The first-order valence-electron chi connectivity index (χ1n) is 11.6. The van der Waals surface area contributed by atoms with Crippen LogP contribution in [0, 0.1) is 11.8 Å². The molecule has 0 radical (unpaired) electrons. The molecule has 3 N–H and O–H groups in total. The van der Waals surface area contributed by atoms with E-state index >= 15 is 0 Å². The van der Waals surface area contributed by atoms with E-state index in [9.17, 15) is 14.4 Å². The van der Waals surface area contributed by atoms with Gasteiger partial charge in [-0.3, -0.25) is 4.79 Å². The van der Waals surface area contributed by atoms with Gasteiger partial charge in [0.25, 0.3) is 0 Å². The third kappa shape index (κ3) is 5.05. The molecule has 1 fully saturated rings. The number of amides is 2. The van der Waals surface area contributed by atoms with Crippen LogP contribution in [0.1, 0.15) is 39.0 Å². The third-order valence-electron chi connectivity index (χ3n) is 6.52. The van der Waals surface area contributed by atoms with Crippen molar-refractivity contribution in [3.63, 3.8) is 0 Å². The van der Waals surface area contributed by atoms with Gasteiger partial charge in [-0.1, -0.05) is 48.5 Å². The Morgan fingerprint density at radius 3 is 2.37 bits per heavy atom. The minimum Gasteiger partial charge on any atom is -0.476 e. The predicted molar refractivity (Wildman–Crippen MR) is 130 cm³/mol. The molecule has 8 nitrogen and oxygen atoms in total. The summed E-state index contributed by atoms with van der Waals surface area (Å²) in [5, 5.41) is 16.7. The summed E-state index contributed by atoms with van der Waals surface area (Å²) < 4.78 is 5.55. The van der Waals surface area contributed by atoms with Crippen molar-refractivity contribution in [2.24, 2.45) is 11.8 Å². The summed E-state index contributed by atoms with van der Waals surface area (Å²) in [4.78, 5) is 39.6. The number of aromatic carboxylic acids is 1. The number of carboxylic acid groups (broad SMARTS) is 1. The fourth-order valence-electron chi connectivity index (χ4n) is 4.61. The van der Waals surface area contributed by atoms with E-state index in [0.29, 0.717) is 24.5 Å². The average molecular weight is 492 g/mol. The van der Waals surface area contributed by atoms with Gasteiger partial charge < -0.3 is 20.5 Å². The predicted octanol–water partition coefficient (Wildman–Crippen LogP) is 3.67. The Hall–Kier alpha value is -3.72. The fraction of sp³-hybridized carbons (Fsp3) is 0.308. The van der Waals surface area contributed by atoms with Crippen LogP contribution in [0.25, 0.3) is 11.1 Å². The number of carbonyl (C=O) groups is 3. The van der Waals surface area contributed by atoms with Crippen molar-refractivity contribution in [3.05, 3.63) is 75.7 Å². The number of ether oxygens (including phenoxy) is 1. The number of nitrogens with zero attached hydrogens (tertiary/aromatic N) is 1. The molecule has 0 bridgehead atoms. The first kappa shape index (κ1) is 23.0. The van der Waals surface area contributed by atoms with Gasteiger partial charge in [0, 0.05) is 36.7 Å². The lowest BCUT2D eigenvalue weighted by atomic mass is 9.98. The number of hydrogen-bond donors (Lipinski definition) is 3. The van der Waals surface area contributed by atoms with E-state index in [1.165, 1.54) is 27.8 Å². The monoisotopic (exact) mass is 491 g/mol. The molecule has 0 unspecified atom stereocenters. The molecular weight excluding hydrogens is 466 g/mol. The number of benzene rings is 2. The highest BCUT2D eigenvalue weighted by Gasteiger charge is 2.42. The van der Waals surface area contributed by atoms with Crippen molar-refractivity contribution in [3.8, 4) is 11.1 Å². The summed E-state index contributed by atoms with van der Waals surface area (Å²) in [6, 6.07) is 16.4. The Morgan fingerprint density at radius 1 is 1.03 bits per heavy atom. The maximum Gasteiger partial charge on any atom is 0.407 e. The van der Waals surface area contributed by atoms with Crippen LogP contribution in [-0.2, 0) is 16.0 Å². The van der Waals surface area contributed by atoms with Gasteiger partial charge in [-0.2, -0.15) is 0 Å². The van der Waals surface area contributed by atoms with E-state index in [1.807, 2.05) is 24.3 Å². The average Bonchev–Trinajstić information content (AvgIpc) is 3.36. The highest BCUT2D eigenvalue weighted by Crippen LogP contribution is 2.44. The number of rotatable bonds is 9. The molecule has 180 valence electrons. The van der Waals surface area contributed by atoms with Crippen molar-refractivity contribution >= 4 is 29.3 Å². The molecule has 35 heavy (non-hydrogen) atoms. The zero-order valence-electron chi connectivity index (χ0n) is 18.9. The van der Waals surface area contributed by atoms with Gasteiger partial charge in [0.15, 0.2) is 5.69 Å². The third-order valence-corrected chi connectivity index (χ3v) is 7.43. The zero-order valence-corrected chi connectivity index (χ0v) is 19.7. The molecule has 2 aliphatic carbocycles. The molecule has 2 atom stereocenters. The van der Waals surface area contributed by atoms with Crippen LogP contribution < -0.4 is 10.6 Å². The number of fused-ring (bicyclic) bond motifs is 3. The quantitative estimate of drug-likeness (QED) is 0.420. The first-order valence-corrected chi connectivity index (χ1v) is 12.4. The molecule has 1 aromatic heterocycles. The van der Waals surface area contributed by atoms with Crippen molar-refractivity contribution in [1.29, 1.82) is 0 Å². The smallest absolute Gasteiger partial charge is 0.407 e. The maximum atomic E-state index is 12.3. The number of aromatic nitrogens is 1. The minimum absolute atomic E-state index is 0.0111. The topological polar surface area (TPSA) is 118 Å². The number of thiazole rings is 1. The molecular formula is C26H25N3O5S. The highest BCUT2D eigenvalue weighted by atomic mass is 32.1. The number of alkyl carbamates (subject to hydrolysis) is 1. The zero-order chi connectivity index (χ0) is 24.4. The summed E-state index contributed by atoms with van der Waals surface area (Å²) >= 11 is 1.27. The fourth-order valence-corrected chi connectivity index (χ4v) is 5.38. The number of carboxylic acids is 1. The molecule has 2 amide bonds. The van der Waals surface area contributed by atoms with Gasteiger partial charge in [0.2, 0.25) is 5.91 Å². The Labute approximate surface area is 206 Å². The summed E-state index contributed by atoms with van der Waals surface area (Å²) in [5.41, 5.74) is 4.72. The molecule has 2 aromatic carbocycles. The van der Waals surface area contributed by atoms with Crippen LogP contribution in [-0.4, -0.2) is 47.8 Å². The lowest BCUT2D eigenvalue weighted by Gasteiger charge is -2.14. The summed E-state index contributed by atoms with van der Waals surface area (Å²) in [6.07, 6.45) is 0.727. The van der Waals surface area contributed by atoms with E-state index in [4.69, 9.17) is 9.84 Å². The van der Waals surface area contributed by atoms with Gasteiger partial charge in [-0.25, -0.2) is 14.6 Å². The van der Waals surface area contributed by atoms with Crippen molar-refractivity contribution in [1.82, 2.24) is 15.6 Å². The van der Waals surface area contributed by atoms with Gasteiger partial charge in [0.05, 0.1) is 5.01 Å². The first-order chi connectivity index (χ1) is 17.0. The van der Waals surface area contributed by atoms with E-state index in [0.717, 1.165) is 17.5 Å². The molecule has 2 aliphatic rings. The second-order valence-corrected chi connectivity index (χ2v) is 9.72. The van der Waals surface area contributed by atoms with Gasteiger partial charge in [-0.05, 0) is 34.6 Å². The Kier molecular flexibility index (Phi) is 6.50. The van der Waals surface area contributed by atoms with E-state index < -0.39 is 12.1 Å². The standard InChI is InChI=1S/C26H25N3O5S/c30-24(27-10-9-23-29-22(14-35-23)25(31)32)20-11-15(20)12-28-26(33)34-13-21-18-7-3-1-5-16(18)17-6-2-4-8-19(17)21/h1-8,14-15,20-21H,9-13H2,(H,27,30)(H,28,33)(H,31,32)/t15-,20-/m0/s1. The lowest BCUT2D eigenvalue weighted by molar-refractivity contribution is -0.122. The minimum atomic E-state index is -1.05. The Bertz CT molecular complexity index is 1230. The van der Waals surface area contributed by atoms with E-state index in [1.54, 1.807) is 0 Å². The van der Waals surface area contributed by atoms with Crippen LogP contribution in [0.2, 0.25) is 0 Å². The molecule has 9 heteroatoms. The second-order valence-electron chi connectivity index (χ2n) is 8.78. The normalized spacial score (nSPS) is 17.8. The number of carbonyl (C=O) groups excluding carboxylic acids is 2. The highest BCUT2D eigenvalue weighted by molar-refractivity contribution is 7.09. The van der Waals surface area contributed by atoms with E-state index in [2.05, 4.69) is 39.9 Å². The molecule has 3 aromatic rings. The van der Waals surface area contributed by atoms with Crippen LogP contribution >= 0.6 is 11.3 Å². The van der Waals surface area contributed by atoms with Crippen LogP contribution in [0.15, 0.2) is 53.9 Å². The molecule has 5 rings (SSSR count). The number of hydrogen-bond acceptors (Lipinski definition) is 6. The van der Waals surface area contributed by atoms with Crippen molar-refractivity contribution < 1.29 is 24.2 Å².